The maximum absolute atomic E-state index is 11.8. The Labute approximate surface area is 156 Å². The van der Waals surface area contributed by atoms with Gasteiger partial charge in [-0.15, -0.1) is 0 Å². The molecule has 2 aromatic carbocycles. The van der Waals surface area contributed by atoms with Crippen LogP contribution in [0.2, 0.25) is 0 Å². The number of nitrogens with zero attached hydrogens (tertiary/aromatic N) is 1. The van der Waals surface area contributed by atoms with E-state index in [1.54, 1.807) is 12.1 Å². The Morgan fingerprint density at radius 1 is 1.11 bits per heavy atom. The van der Waals surface area contributed by atoms with Gasteiger partial charge in [-0.05, 0) is 23.6 Å². The third-order valence-electron chi connectivity index (χ3n) is 3.59. The third kappa shape index (κ3) is 6.10. The minimum absolute atomic E-state index is 0.151. The lowest BCUT2D eigenvalue weighted by atomic mass is 10.0. The van der Waals surface area contributed by atoms with Crippen LogP contribution in [0.15, 0.2) is 48.5 Å². The summed E-state index contributed by atoms with van der Waals surface area (Å²) in [6.45, 7) is 3.18. The minimum Gasteiger partial charge on any atom is -0.482 e. The van der Waals surface area contributed by atoms with Crippen molar-refractivity contribution in [2.45, 2.75) is 19.8 Å². The Hall–Kier alpha value is -3.42. The quantitative estimate of drug-likeness (QED) is 0.433. The number of hydrogen-bond donors (Lipinski definition) is 1. The number of benzene rings is 2. The van der Waals surface area contributed by atoms with Crippen LogP contribution < -0.4 is 10.1 Å². The van der Waals surface area contributed by atoms with Crippen molar-refractivity contribution >= 4 is 23.3 Å². The smallest absolute Gasteiger partial charge is 0.344 e. The van der Waals surface area contributed by atoms with Crippen molar-refractivity contribution < 1.29 is 24.0 Å². The Morgan fingerprint density at radius 2 is 1.85 bits per heavy atom. The molecule has 0 aliphatic rings. The van der Waals surface area contributed by atoms with Crippen molar-refractivity contribution in [1.82, 2.24) is 0 Å². The summed E-state index contributed by atoms with van der Waals surface area (Å²) >= 11 is 0. The monoisotopic (exact) mass is 372 g/mol. The topological polar surface area (TPSA) is 108 Å². The lowest BCUT2D eigenvalue weighted by Crippen LogP contribution is -2.23. The van der Waals surface area contributed by atoms with Gasteiger partial charge in [0.15, 0.2) is 13.2 Å². The van der Waals surface area contributed by atoms with Gasteiger partial charge in [-0.2, -0.15) is 0 Å². The van der Waals surface area contributed by atoms with Crippen molar-refractivity contribution in [3.05, 3.63) is 64.2 Å². The van der Waals surface area contributed by atoms with Crippen LogP contribution >= 0.6 is 0 Å². The normalized spacial score (nSPS) is 10.3. The lowest BCUT2D eigenvalue weighted by molar-refractivity contribution is -0.384. The maximum Gasteiger partial charge on any atom is 0.344 e. The number of ether oxygens (including phenoxy) is 2. The number of nitro benzene ring substituents is 1. The summed E-state index contributed by atoms with van der Waals surface area (Å²) in [5.74, 6) is -0.474. The fourth-order valence-electron chi connectivity index (χ4n) is 2.31. The van der Waals surface area contributed by atoms with Gasteiger partial charge in [0.05, 0.1) is 4.92 Å². The van der Waals surface area contributed by atoms with Crippen LogP contribution in [0.5, 0.6) is 5.75 Å². The van der Waals surface area contributed by atoms with Crippen LogP contribution in [0.4, 0.5) is 11.4 Å². The molecule has 1 amide bonds. The average molecular weight is 372 g/mol. The number of anilines is 1. The van der Waals surface area contributed by atoms with Gasteiger partial charge >= 0.3 is 5.97 Å². The first-order valence-electron chi connectivity index (χ1n) is 8.28. The fraction of sp³-hybridized carbons (Fsp3) is 0.263. The van der Waals surface area contributed by atoms with E-state index >= 15 is 0 Å². The van der Waals surface area contributed by atoms with Crippen LogP contribution in [0.3, 0.4) is 0 Å². The second-order valence-electron chi connectivity index (χ2n) is 6.00. The van der Waals surface area contributed by atoms with Gasteiger partial charge in [0.1, 0.15) is 5.75 Å². The van der Waals surface area contributed by atoms with Gasteiger partial charge in [-0.3, -0.25) is 14.9 Å². The molecule has 0 aromatic heterocycles. The maximum atomic E-state index is 11.8. The molecule has 8 nitrogen and oxygen atoms in total. The zero-order valence-corrected chi connectivity index (χ0v) is 15.0. The van der Waals surface area contributed by atoms with Crippen molar-refractivity contribution in [3.63, 3.8) is 0 Å². The molecule has 0 bridgehead atoms. The number of carbonyl (C=O) groups excluding carboxylic acids is 2. The average Bonchev–Trinajstić information content (AvgIpc) is 2.65. The van der Waals surface area contributed by atoms with E-state index in [0.29, 0.717) is 5.75 Å². The van der Waals surface area contributed by atoms with Gasteiger partial charge in [0, 0.05) is 17.8 Å². The molecule has 0 aliphatic carbocycles. The summed E-state index contributed by atoms with van der Waals surface area (Å²) in [6, 6.07) is 12.8. The van der Waals surface area contributed by atoms with Crippen LogP contribution in [-0.2, 0) is 14.3 Å². The molecule has 0 unspecified atom stereocenters. The van der Waals surface area contributed by atoms with Gasteiger partial charge in [-0.25, -0.2) is 4.79 Å². The standard InChI is InChI=1S/C19H20N2O6/c1-13(2)16-8-3-4-9-17(16)26-12-19(23)27-11-18(22)20-14-6-5-7-15(10-14)21(24)25/h3-10,13H,11-12H2,1-2H3,(H,20,22). The zero-order chi connectivity index (χ0) is 19.8. The zero-order valence-electron chi connectivity index (χ0n) is 15.0. The SMILES string of the molecule is CC(C)c1ccccc1OCC(=O)OCC(=O)Nc1cccc([N+](=O)[O-])c1. The van der Waals surface area contributed by atoms with E-state index < -0.39 is 23.4 Å². The third-order valence-corrected chi connectivity index (χ3v) is 3.59. The molecule has 0 radical (unpaired) electrons. The molecule has 0 saturated carbocycles. The number of rotatable bonds is 8. The minimum atomic E-state index is -0.692. The van der Waals surface area contributed by atoms with E-state index in [0.717, 1.165) is 5.56 Å². The number of hydrogen-bond acceptors (Lipinski definition) is 6. The molecule has 2 rings (SSSR count). The number of nitrogens with one attached hydrogen (secondary N) is 1. The summed E-state index contributed by atoms with van der Waals surface area (Å²) in [5, 5.41) is 13.1. The molecule has 0 heterocycles. The molecule has 0 saturated heterocycles. The second-order valence-corrected chi connectivity index (χ2v) is 6.00. The van der Waals surface area contributed by atoms with Gasteiger partial charge in [0.25, 0.3) is 11.6 Å². The van der Waals surface area contributed by atoms with Gasteiger partial charge < -0.3 is 14.8 Å². The molecule has 8 heteroatoms. The van der Waals surface area contributed by atoms with Crippen LogP contribution in [0.25, 0.3) is 0 Å². The van der Waals surface area contributed by atoms with E-state index in [1.165, 1.54) is 24.3 Å². The predicted octanol–water partition coefficient (Wildman–Crippen LogP) is 3.28. The second kappa shape index (κ2) is 9.33. The molecule has 0 spiro atoms. The summed E-state index contributed by atoms with van der Waals surface area (Å²) < 4.78 is 10.3. The number of carbonyl (C=O) groups is 2. The van der Waals surface area contributed by atoms with E-state index in [4.69, 9.17) is 9.47 Å². The first kappa shape index (κ1) is 19.9. The van der Waals surface area contributed by atoms with Crippen molar-refractivity contribution in [2.24, 2.45) is 0 Å². The van der Waals surface area contributed by atoms with E-state index in [9.17, 15) is 19.7 Å². The summed E-state index contributed by atoms with van der Waals surface area (Å²) in [7, 11) is 0. The van der Waals surface area contributed by atoms with E-state index in [2.05, 4.69) is 5.32 Å². The molecule has 1 N–H and O–H groups in total. The Balaban J connectivity index is 1.81. The first-order chi connectivity index (χ1) is 12.9. The molecule has 27 heavy (non-hydrogen) atoms. The molecular formula is C19H20N2O6. The van der Waals surface area contributed by atoms with Crippen molar-refractivity contribution in [2.75, 3.05) is 18.5 Å². The number of nitro groups is 1. The number of para-hydroxylation sites is 1. The molecular weight excluding hydrogens is 352 g/mol. The predicted molar refractivity (Wildman–Crippen MR) is 98.7 cm³/mol. The molecule has 2 aromatic rings. The molecule has 0 atom stereocenters. The summed E-state index contributed by atoms with van der Waals surface area (Å²) in [4.78, 5) is 33.7. The highest BCUT2D eigenvalue weighted by atomic mass is 16.6. The summed E-state index contributed by atoms with van der Waals surface area (Å²) in [6.07, 6.45) is 0. The highest BCUT2D eigenvalue weighted by molar-refractivity contribution is 5.93. The van der Waals surface area contributed by atoms with Crippen molar-refractivity contribution in [3.8, 4) is 5.75 Å². The first-order valence-corrected chi connectivity index (χ1v) is 8.28. The number of esters is 1. The van der Waals surface area contributed by atoms with Gasteiger partial charge in [0.2, 0.25) is 0 Å². The molecule has 0 fully saturated rings. The molecule has 142 valence electrons. The van der Waals surface area contributed by atoms with Crippen LogP contribution in [-0.4, -0.2) is 30.0 Å². The van der Waals surface area contributed by atoms with E-state index in [1.807, 2.05) is 26.0 Å². The lowest BCUT2D eigenvalue weighted by Gasteiger charge is -2.13. The van der Waals surface area contributed by atoms with E-state index in [-0.39, 0.29) is 23.9 Å². The Morgan fingerprint density at radius 3 is 2.56 bits per heavy atom. The summed E-state index contributed by atoms with van der Waals surface area (Å²) in [5.41, 5.74) is 1.06. The van der Waals surface area contributed by atoms with Crippen LogP contribution in [0, 0.1) is 10.1 Å². The largest absolute Gasteiger partial charge is 0.482 e. The fourth-order valence-corrected chi connectivity index (χ4v) is 2.31. The van der Waals surface area contributed by atoms with Crippen molar-refractivity contribution in [1.29, 1.82) is 0 Å². The molecule has 0 aliphatic heterocycles. The highest BCUT2D eigenvalue weighted by Gasteiger charge is 2.13. The Bertz CT molecular complexity index is 834. The Kier molecular flexibility index (Phi) is 6.87. The number of amides is 1. The highest BCUT2D eigenvalue weighted by Crippen LogP contribution is 2.25. The van der Waals surface area contributed by atoms with Crippen LogP contribution in [0.1, 0.15) is 25.3 Å². The van der Waals surface area contributed by atoms with Gasteiger partial charge in [-0.1, -0.05) is 38.1 Å². The number of non-ortho nitro benzene ring substituents is 1.